The minimum Gasteiger partial charge on any atom is -0.382 e. The van der Waals surface area contributed by atoms with Gasteiger partial charge in [-0.15, -0.1) is 0 Å². The molecule has 2 rings (SSSR count). The van der Waals surface area contributed by atoms with Gasteiger partial charge in [-0.05, 0) is 48.9 Å². The van der Waals surface area contributed by atoms with Gasteiger partial charge in [0.2, 0.25) is 0 Å². The predicted molar refractivity (Wildman–Crippen MR) is 96.0 cm³/mol. The third-order valence-electron chi connectivity index (χ3n) is 3.97. The lowest BCUT2D eigenvalue weighted by Gasteiger charge is -2.30. The quantitative estimate of drug-likeness (QED) is 0.708. The minimum absolute atomic E-state index is 0.160. The highest BCUT2D eigenvalue weighted by Crippen LogP contribution is 2.30. The summed E-state index contributed by atoms with van der Waals surface area (Å²) in [6, 6.07) is 17.5. The highest BCUT2D eigenvalue weighted by molar-refractivity contribution is 9.10. The van der Waals surface area contributed by atoms with Crippen LogP contribution in [-0.4, -0.2) is 6.04 Å². The van der Waals surface area contributed by atoms with Crippen molar-refractivity contribution in [2.45, 2.75) is 45.6 Å². The Morgan fingerprint density at radius 2 is 1.76 bits per heavy atom. The lowest BCUT2D eigenvalue weighted by molar-refractivity contribution is 0.450. The van der Waals surface area contributed by atoms with E-state index in [9.17, 15) is 0 Å². The van der Waals surface area contributed by atoms with Gasteiger partial charge in [-0.3, -0.25) is 0 Å². The van der Waals surface area contributed by atoms with Crippen LogP contribution in [0, 0.1) is 6.92 Å². The van der Waals surface area contributed by atoms with Crippen LogP contribution in [0.25, 0.3) is 0 Å². The number of hydrogen-bond acceptors (Lipinski definition) is 1. The Labute approximate surface area is 136 Å². The van der Waals surface area contributed by atoms with Crippen LogP contribution < -0.4 is 5.32 Å². The number of anilines is 1. The SMILES string of the molecule is Cc1ccc(Br)cc1NC(C)CC(C)(C)c1ccccc1. The average molecular weight is 346 g/mol. The van der Waals surface area contributed by atoms with E-state index in [0.717, 1.165) is 10.9 Å². The van der Waals surface area contributed by atoms with Gasteiger partial charge in [0.1, 0.15) is 0 Å². The van der Waals surface area contributed by atoms with Crippen LogP contribution in [0.1, 0.15) is 38.3 Å². The summed E-state index contributed by atoms with van der Waals surface area (Å²) < 4.78 is 1.12. The van der Waals surface area contributed by atoms with Crippen molar-refractivity contribution in [2.24, 2.45) is 0 Å². The molecule has 0 aliphatic heterocycles. The van der Waals surface area contributed by atoms with Crippen molar-refractivity contribution in [1.29, 1.82) is 0 Å². The van der Waals surface area contributed by atoms with E-state index in [0.29, 0.717) is 6.04 Å². The van der Waals surface area contributed by atoms with E-state index in [1.165, 1.54) is 16.8 Å². The van der Waals surface area contributed by atoms with Crippen LogP contribution in [0.3, 0.4) is 0 Å². The topological polar surface area (TPSA) is 12.0 Å². The molecule has 112 valence electrons. The molecule has 0 aliphatic carbocycles. The zero-order valence-corrected chi connectivity index (χ0v) is 14.9. The zero-order valence-electron chi connectivity index (χ0n) is 13.3. The van der Waals surface area contributed by atoms with Crippen LogP contribution in [0.15, 0.2) is 53.0 Å². The predicted octanol–water partition coefficient (Wildman–Crippen LogP) is 5.93. The van der Waals surface area contributed by atoms with Crippen molar-refractivity contribution in [3.05, 3.63) is 64.1 Å². The van der Waals surface area contributed by atoms with E-state index in [-0.39, 0.29) is 5.41 Å². The summed E-state index contributed by atoms with van der Waals surface area (Å²) >= 11 is 3.54. The monoisotopic (exact) mass is 345 g/mol. The Kier molecular flexibility index (Phi) is 5.10. The molecule has 0 aromatic heterocycles. The van der Waals surface area contributed by atoms with Crippen LogP contribution >= 0.6 is 15.9 Å². The number of aryl methyl sites for hydroxylation is 1. The second-order valence-corrected chi connectivity index (χ2v) is 7.37. The van der Waals surface area contributed by atoms with Gasteiger partial charge in [0, 0.05) is 16.2 Å². The fraction of sp³-hybridized carbons (Fsp3) is 0.368. The average Bonchev–Trinajstić information content (AvgIpc) is 2.43. The standard InChI is InChI=1S/C19H24BrN/c1-14-10-11-17(20)12-18(14)21-15(2)13-19(3,4)16-8-6-5-7-9-16/h5-12,15,21H,13H2,1-4H3. The highest BCUT2D eigenvalue weighted by Gasteiger charge is 2.23. The van der Waals surface area contributed by atoms with E-state index in [2.05, 4.69) is 97.5 Å². The van der Waals surface area contributed by atoms with Crippen LogP contribution in [-0.2, 0) is 5.41 Å². The van der Waals surface area contributed by atoms with Gasteiger partial charge in [-0.2, -0.15) is 0 Å². The van der Waals surface area contributed by atoms with Crippen LogP contribution in [0.4, 0.5) is 5.69 Å². The normalized spacial score (nSPS) is 13.0. The maximum atomic E-state index is 3.65. The zero-order chi connectivity index (χ0) is 15.5. The summed E-state index contributed by atoms with van der Waals surface area (Å²) in [4.78, 5) is 0. The number of nitrogens with one attached hydrogen (secondary N) is 1. The summed E-state index contributed by atoms with van der Waals surface area (Å²) in [5, 5.41) is 3.65. The molecule has 0 spiro atoms. The molecular formula is C19H24BrN. The molecule has 21 heavy (non-hydrogen) atoms. The smallest absolute Gasteiger partial charge is 0.0383 e. The van der Waals surface area contributed by atoms with Gasteiger partial charge in [-0.1, -0.05) is 66.2 Å². The van der Waals surface area contributed by atoms with Gasteiger partial charge < -0.3 is 5.32 Å². The Morgan fingerprint density at radius 3 is 2.43 bits per heavy atom. The fourth-order valence-corrected chi connectivity index (χ4v) is 3.20. The summed E-state index contributed by atoms with van der Waals surface area (Å²) in [6.07, 6.45) is 1.09. The lowest BCUT2D eigenvalue weighted by atomic mass is 9.79. The van der Waals surface area contributed by atoms with Crippen molar-refractivity contribution in [3.8, 4) is 0 Å². The Balaban J connectivity index is 2.07. The van der Waals surface area contributed by atoms with Crippen molar-refractivity contribution in [3.63, 3.8) is 0 Å². The van der Waals surface area contributed by atoms with Crippen LogP contribution in [0.2, 0.25) is 0 Å². The molecule has 0 heterocycles. The lowest BCUT2D eigenvalue weighted by Crippen LogP contribution is -2.28. The van der Waals surface area contributed by atoms with Gasteiger partial charge in [-0.25, -0.2) is 0 Å². The summed E-state index contributed by atoms with van der Waals surface area (Å²) in [7, 11) is 0. The van der Waals surface area contributed by atoms with Crippen molar-refractivity contribution >= 4 is 21.6 Å². The molecule has 0 amide bonds. The summed E-state index contributed by atoms with van der Waals surface area (Å²) in [5.74, 6) is 0. The Bertz CT molecular complexity index is 590. The molecule has 0 radical (unpaired) electrons. The molecule has 0 saturated heterocycles. The first-order valence-corrected chi connectivity index (χ1v) is 8.26. The van der Waals surface area contributed by atoms with Crippen molar-refractivity contribution in [2.75, 3.05) is 5.32 Å². The molecule has 2 heteroatoms. The number of rotatable bonds is 5. The van der Waals surface area contributed by atoms with Gasteiger partial charge in [0.25, 0.3) is 0 Å². The largest absolute Gasteiger partial charge is 0.382 e. The summed E-state index contributed by atoms with van der Waals surface area (Å²) in [6.45, 7) is 9.03. The number of hydrogen-bond donors (Lipinski definition) is 1. The third-order valence-corrected chi connectivity index (χ3v) is 4.47. The fourth-order valence-electron chi connectivity index (χ4n) is 2.84. The van der Waals surface area contributed by atoms with Crippen LogP contribution in [0.5, 0.6) is 0 Å². The molecular weight excluding hydrogens is 322 g/mol. The van der Waals surface area contributed by atoms with Gasteiger partial charge >= 0.3 is 0 Å². The first kappa shape index (κ1) is 16.1. The third kappa shape index (κ3) is 4.34. The highest BCUT2D eigenvalue weighted by atomic mass is 79.9. The molecule has 2 aromatic rings. The van der Waals surface area contributed by atoms with E-state index < -0.39 is 0 Å². The molecule has 1 unspecified atom stereocenters. The van der Waals surface area contributed by atoms with E-state index in [1.807, 2.05) is 0 Å². The second-order valence-electron chi connectivity index (χ2n) is 6.46. The molecule has 2 aromatic carbocycles. The van der Waals surface area contributed by atoms with Crippen molar-refractivity contribution < 1.29 is 0 Å². The van der Waals surface area contributed by atoms with Crippen molar-refractivity contribution in [1.82, 2.24) is 0 Å². The maximum Gasteiger partial charge on any atom is 0.0383 e. The molecule has 1 atom stereocenters. The Morgan fingerprint density at radius 1 is 1.10 bits per heavy atom. The summed E-state index contributed by atoms with van der Waals surface area (Å²) in [5.41, 5.74) is 4.04. The second kappa shape index (κ2) is 6.65. The van der Waals surface area contributed by atoms with E-state index >= 15 is 0 Å². The first-order chi connectivity index (χ1) is 9.88. The maximum absolute atomic E-state index is 3.65. The molecule has 0 bridgehead atoms. The molecule has 1 N–H and O–H groups in total. The molecule has 0 fully saturated rings. The van der Waals surface area contributed by atoms with Gasteiger partial charge in [0.05, 0.1) is 0 Å². The number of benzene rings is 2. The Hall–Kier alpha value is -1.28. The minimum atomic E-state index is 0.160. The van der Waals surface area contributed by atoms with E-state index in [4.69, 9.17) is 0 Å². The first-order valence-electron chi connectivity index (χ1n) is 7.47. The molecule has 0 saturated carbocycles. The molecule has 0 aliphatic rings. The number of halogens is 1. The van der Waals surface area contributed by atoms with Gasteiger partial charge in [0.15, 0.2) is 0 Å². The van der Waals surface area contributed by atoms with E-state index in [1.54, 1.807) is 0 Å². The molecule has 1 nitrogen and oxygen atoms in total.